The summed E-state index contributed by atoms with van der Waals surface area (Å²) in [5.74, 6) is 0.710. The van der Waals surface area contributed by atoms with Crippen molar-refractivity contribution in [3.63, 3.8) is 0 Å². The average Bonchev–Trinajstić information content (AvgIpc) is 2.88. The molecule has 1 aromatic rings. The second-order valence-corrected chi connectivity index (χ2v) is 5.84. The van der Waals surface area contributed by atoms with Gasteiger partial charge in [-0.1, -0.05) is 0 Å². The van der Waals surface area contributed by atoms with Gasteiger partial charge in [0.15, 0.2) is 0 Å². The molecule has 0 spiro atoms. The third kappa shape index (κ3) is 3.73. The summed E-state index contributed by atoms with van der Waals surface area (Å²) in [4.78, 5) is 32.8. The largest absolute Gasteiger partial charge is 0.378 e. The van der Waals surface area contributed by atoms with Crippen LogP contribution in [0.3, 0.4) is 0 Å². The number of hydrogen-bond acceptors (Lipinski definition) is 6. The molecule has 0 aliphatic carbocycles. The molecule has 2 fully saturated rings. The molecule has 0 N–H and O–H groups in total. The molecule has 3 rings (SSSR count). The van der Waals surface area contributed by atoms with Gasteiger partial charge in [0.25, 0.3) is 5.69 Å². The fraction of sp³-hybridized carbons (Fsp3) is 0.600. The molecule has 3 heterocycles. The van der Waals surface area contributed by atoms with Gasteiger partial charge >= 0.3 is 6.03 Å². The molecule has 1 aromatic heterocycles. The maximum atomic E-state index is 12.6. The first-order chi connectivity index (χ1) is 11.6. The van der Waals surface area contributed by atoms with E-state index in [1.165, 1.54) is 12.3 Å². The summed E-state index contributed by atoms with van der Waals surface area (Å²) in [5, 5.41) is 10.7. The van der Waals surface area contributed by atoms with E-state index in [9.17, 15) is 14.9 Å². The normalized spacial score (nSPS) is 19.1. The zero-order valence-electron chi connectivity index (χ0n) is 13.5. The number of pyridine rings is 1. The summed E-state index contributed by atoms with van der Waals surface area (Å²) in [6.45, 7) is 5.25. The molecule has 24 heavy (non-hydrogen) atoms. The number of rotatable bonds is 2. The molecule has 2 saturated heterocycles. The van der Waals surface area contributed by atoms with Crippen LogP contribution in [0.5, 0.6) is 0 Å². The Morgan fingerprint density at radius 3 is 2.50 bits per heavy atom. The van der Waals surface area contributed by atoms with E-state index in [0.717, 1.165) is 13.0 Å². The Hall–Kier alpha value is -2.42. The lowest BCUT2D eigenvalue weighted by Gasteiger charge is -2.32. The van der Waals surface area contributed by atoms with Crippen LogP contribution in [0, 0.1) is 10.1 Å². The third-order valence-corrected chi connectivity index (χ3v) is 4.32. The Morgan fingerprint density at radius 1 is 1.08 bits per heavy atom. The number of carbonyl (C=O) groups is 1. The SMILES string of the molecule is O=C(N1CCOCC1)N1CCCN(c2ccc([N+](=O)[O-])cn2)CC1. The first-order valence-corrected chi connectivity index (χ1v) is 8.12. The second kappa shape index (κ2) is 7.43. The zero-order valence-corrected chi connectivity index (χ0v) is 13.5. The number of nitrogens with zero attached hydrogens (tertiary/aromatic N) is 5. The van der Waals surface area contributed by atoms with Crippen molar-refractivity contribution < 1.29 is 14.5 Å². The fourth-order valence-electron chi connectivity index (χ4n) is 2.97. The average molecular weight is 335 g/mol. The molecular weight excluding hydrogens is 314 g/mol. The molecule has 0 atom stereocenters. The molecule has 2 aliphatic rings. The topological polar surface area (TPSA) is 92.0 Å². The van der Waals surface area contributed by atoms with Crippen LogP contribution in [-0.2, 0) is 4.74 Å². The Kier molecular flexibility index (Phi) is 5.09. The molecule has 2 aliphatic heterocycles. The van der Waals surface area contributed by atoms with Gasteiger partial charge in [0, 0.05) is 45.3 Å². The standard InChI is InChI=1S/C15H21N5O4/c21-15(19-8-10-24-11-9-19)18-5-1-4-17(6-7-18)14-3-2-13(12-16-14)20(22)23/h2-3,12H,1,4-11H2. The van der Waals surface area contributed by atoms with Crippen molar-refractivity contribution in [3.05, 3.63) is 28.4 Å². The van der Waals surface area contributed by atoms with E-state index < -0.39 is 4.92 Å². The molecule has 0 aromatic carbocycles. The minimum Gasteiger partial charge on any atom is -0.378 e. The first kappa shape index (κ1) is 16.4. The van der Waals surface area contributed by atoms with Crippen LogP contribution in [0.4, 0.5) is 16.3 Å². The van der Waals surface area contributed by atoms with Crippen LogP contribution < -0.4 is 4.90 Å². The molecular formula is C15H21N5O4. The predicted octanol–water partition coefficient (Wildman–Crippen LogP) is 0.954. The lowest BCUT2D eigenvalue weighted by atomic mass is 10.3. The minimum atomic E-state index is -0.456. The monoisotopic (exact) mass is 335 g/mol. The van der Waals surface area contributed by atoms with Crippen LogP contribution in [0.15, 0.2) is 18.3 Å². The van der Waals surface area contributed by atoms with Crippen molar-refractivity contribution in [1.82, 2.24) is 14.8 Å². The van der Waals surface area contributed by atoms with Gasteiger partial charge in [-0.3, -0.25) is 10.1 Å². The maximum absolute atomic E-state index is 12.6. The third-order valence-electron chi connectivity index (χ3n) is 4.32. The Labute approximate surface area is 139 Å². The number of nitro groups is 1. The summed E-state index contributed by atoms with van der Waals surface area (Å²) >= 11 is 0. The highest BCUT2D eigenvalue weighted by molar-refractivity contribution is 5.74. The highest BCUT2D eigenvalue weighted by Crippen LogP contribution is 2.18. The van der Waals surface area contributed by atoms with Crippen molar-refractivity contribution in [3.8, 4) is 0 Å². The molecule has 0 saturated carbocycles. The van der Waals surface area contributed by atoms with Gasteiger partial charge in [-0.2, -0.15) is 0 Å². The number of ether oxygens (including phenoxy) is 1. The molecule has 130 valence electrons. The van der Waals surface area contributed by atoms with Crippen LogP contribution >= 0.6 is 0 Å². The van der Waals surface area contributed by atoms with Crippen molar-refractivity contribution in [2.24, 2.45) is 0 Å². The lowest BCUT2D eigenvalue weighted by Crippen LogP contribution is -2.49. The van der Waals surface area contributed by atoms with Gasteiger partial charge < -0.3 is 19.4 Å². The Balaban J connectivity index is 1.60. The summed E-state index contributed by atoms with van der Waals surface area (Å²) in [5.41, 5.74) is -0.0160. The van der Waals surface area contributed by atoms with Gasteiger partial charge in [0.05, 0.1) is 18.1 Å². The van der Waals surface area contributed by atoms with Crippen molar-refractivity contribution in [1.29, 1.82) is 0 Å². The number of urea groups is 1. The van der Waals surface area contributed by atoms with Gasteiger partial charge in [0.2, 0.25) is 0 Å². The molecule has 0 bridgehead atoms. The van der Waals surface area contributed by atoms with Crippen molar-refractivity contribution in [2.45, 2.75) is 6.42 Å². The van der Waals surface area contributed by atoms with Crippen molar-refractivity contribution in [2.75, 3.05) is 57.4 Å². The molecule has 0 unspecified atom stereocenters. The lowest BCUT2D eigenvalue weighted by molar-refractivity contribution is -0.385. The smallest absolute Gasteiger partial charge is 0.320 e. The number of amides is 2. The predicted molar refractivity (Wildman–Crippen MR) is 87.1 cm³/mol. The van der Waals surface area contributed by atoms with E-state index in [1.807, 2.05) is 9.80 Å². The summed E-state index contributed by atoms with van der Waals surface area (Å²) in [6.07, 6.45) is 2.12. The summed E-state index contributed by atoms with van der Waals surface area (Å²) < 4.78 is 5.29. The van der Waals surface area contributed by atoms with E-state index in [2.05, 4.69) is 9.88 Å². The van der Waals surface area contributed by atoms with Gasteiger partial charge in [-0.25, -0.2) is 9.78 Å². The van der Waals surface area contributed by atoms with E-state index in [4.69, 9.17) is 4.74 Å². The quantitative estimate of drug-likeness (QED) is 0.590. The van der Waals surface area contributed by atoms with E-state index in [-0.39, 0.29) is 11.7 Å². The summed E-state index contributed by atoms with van der Waals surface area (Å²) in [7, 11) is 0. The van der Waals surface area contributed by atoms with E-state index >= 15 is 0 Å². The number of hydrogen-bond donors (Lipinski definition) is 0. The Bertz CT molecular complexity index is 588. The van der Waals surface area contributed by atoms with Gasteiger partial charge in [-0.05, 0) is 12.5 Å². The number of morpholine rings is 1. The molecule has 0 radical (unpaired) electrons. The fourth-order valence-corrected chi connectivity index (χ4v) is 2.97. The molecule has 9 heteroatoms. The van der Waals surface area contributed by atoms with Crippen LogP contribution in [0.1, 0.15) is 6.42 Å². The second-order valence-electron chi connectivity index (χ2n) is 5.84. The molecule has 9 nitrogen and oxygen atoms in total. The first-order valence-electron chi connectivity index (χ1n) is 8.12. The van der Waals surface area contributed by atoms with Gasteiger partial charge in [-0.15, -0.1) is 0 Å². The number of aromatic nitrogens is 1. The molecule has 2 amide bonds. The maximum Gasteiger partial charge on any atom is 0.320 e. The van der Waals surface area contributed by atoms with E-state index in [1.54, 1.807) is 6.07 Å². The highest BCUT2D eigenvalue weighted by Gasteiger charge is 2.25. The van der Waals surface area contributed by atoms with Crippen LogP contribution in [0.2, 0.25) is 0 Å². The Morgan fingerprint density at radius 2 is 1.83 bits per heavy atom. The van der Waals surface area contributed by atoms with Gasteiger partial charge in [0.1, 0.15) is 12.0 Å². The number of carbonyl (C=O) groups excluding carboxylic acids is 1. The zero-order chi connectivity index (χ0) is 16.9. The van der Waals surface area contributed by atoms with Crippen LogP contribution in [0.25, 0.3) is 0 Å². The van der Waals surface area contributed by atoms with Crippen molar-refractivity contribution >= 4 is 17.5 Å². The van der Waals surface area contributed by atoms with E-state index in [0.29, 0.717) is 51.8 Å². The minimum absolute atomic E-state index is 0.0160. The number of anilines is 1. The highest BCUT2D eigenvalue weighted by atomic mass is 16.6. The van der Waals surface area contributed by atoms with Crippen LogP contribution in [-0.4, -0.2) is 78.2 Å². The summed E-state index contributed by atoms with van der Waals surface area (Å²) in [6, 6.07) is 3.19.